The number of carbonyl (C=O) groups excluding carboxylic acids is 2. The number of rotatable bonds is 1. The molecule has 1 saturated heterocycles. The van der Waals surface area contributed by atoms with Gasteiger partial charge in [-0.2, -0.15) is 0 Å². The van der Waals surface area contributed by atoms with E-state index in [1.807, 2.05) is 24.4 Å². The number of piperidine rings is 1. The van der Waals surface area contributed by atoms with Gasteiger partial charge in [0.05, 0.1) is 11.3 Å². The lowest BCUT2D eigenvalue weighted by Crippen LogP contribution is -2.39. The van der Waals surface area contributed by atoms with Crippen LogP contribution in [0, 0.1) is 0 Å². The lowest BCUT2D eigenvalue weighted by molar-refractivity contribution is -0.134. The Balaban J connectivity index is 1.93. The summed E-state index contributed by atoms with van der Waals surface area (Å²) in [5.41, 5.74) is 2.22. The second-order valence-electron chi connectivity index (χ2n) is 4.95. The summed E-state index contributed by atoms with van der Waals surface area (Å²) in [5, 5.41) is 8.24. The molecule has 6 nitrogen and oxygen atoms in total. The summed E-state index contributed by atoms with van der Waals surface area (Å²) >= 11 is 0. The van der Waals surface area contributed by atoms with Crippen molar-refractivity contribution in [3.8, 4) is 0 Å². The molecule has 20 heavy (non-hydrogen) atoms. The molecule has 1 atom stereocenters. The number of benzene rings is 1. The fraction of sp³-hybridized carbons (Fsp3) is 0.214. The summed E-state index contributed by atoms with van der Waals surface area (Å²) in [7, 11) is 0. The van der Waals surface area contributed by atoms with Gasteiger partial charge in [0.2, 0.25) is 11.8 Å². The number of imide groups is 1. The maximum absolute atomic E-state index is 12.0. The second kappa shape index (κ2) is 3.93. The van der Waals surface area contributed by atoms with Gasteiger partial charge in [0.15, 0.2) is 5.58 Å². The third-order valence-electron chi connectivity index (χ3n) is 3.76. The number of nitrogens with one attached hydrogen (secondary N) is 2. The predicted octanol–water partition coefficient (Wildman–Crippen LogP) is 1.83. The fourth-order valence-electron chi connectivity index (χ4n) is 2.79. The molecular weight excluding hydrogens is 258 g/mol. The Bertz CT molecular complexity index is 846. The molecule has 4 rings (SSSR count). The minimum Gasteiger partial charge on any atom is -0.361 e. The van der Waals surface area contributed by atoms with Crippen LogP contribution < -0.4 is 5.32 Å². The lowest BCUT2D eigenvalue weighted by Gasteiger charge is -2.18. The number of fused-ring (bicyclic) bond motifs is 3. The van der Waals surface area contributed by atoms with E-state index in [4.69, 9.17) is 4.52 Å². The van der Waals surface area contributed by atoms with E-state index in [-0.39, 0.29) is 11.8 Å². The normalized spacial score (nSPS) is 19.7. The van der Waals surface area contributed by atoms with Crippen LogP contribution in [0.15, 0.2) is 28.9 Å². The molecule has 1 fully saturated rings. The standard InChI is InChI=1S/C14H11N3O3/c18-11-4-1-8(14(19)16-11)13-12-7-5-6-15-9(7)2-3-10(12)20-17-13/h2-3,5-6,8,15H,1,4H2,(H,16,18,19). The van der Waals surface area contributed by atoms with Crippen molar-refractivity contribution in [2.75, 3.05) is 0 Å². The minimum absolute atomic E-state index is 0.231. The number of hydrogen-bond acceptors (Lipinski definition) is 4. The molecule has 100 valence electrons. The van der Waals surface area contributed by atoms with E-state index in [2.05, 4.69) is 15.5 Å². The molecule has 1 aliphatic rings. The van der Waals surface area contributed by atoms with Gasteiger partial charge >= 0.3 is 0 Å². The van der Waals surface area contributed by atoms with E-state index in [1.165, 1.54) is 0 Å². The molecule has 0 saturated carbocycles. The number of amides is 2. The van der Waals surface area contributed by atoms with Gasteiger partial charge in [0, 0.05) is 23.5 Å². The number of nitrogens with zero attached hydrogens (tertiary/aromatic N) is 1. The van der Waals surface area contributed by atoms with Gasteiger partial charge in [-0.25, -0.2) is 0 Å². The summed E-state index contributed by atoms with van der Waals surface area (Å²) in [6.45, 7) is 0. The third kappa shape index (κ3) is 1.48. The largest absolute Gasteiger partial charge is 0.361 e. The van der Waals surface area contributed by atoms with Gasteiger partial charge in [-0.05, 0) is 24.6 Å². The van der Waals surface area contributed by atoms with E-state index in [1.54, 1.807) is 0 Å². The maximum atomic E-state index is 12.0. The summed E-state index contributed by atoms with van der Waals surface area (Å²) < 4.78 is 5.33. The molecule has 1 aromatic carbocycles. The van der Waals surface area contributed by atoms with Crippen molar-refractivity contribution < 1.29 is 14.1 Å². The Kier molecular flexibility index (Phi) is 2.20. The first kappa shape index (κ1) is 11.2. The molecular formula is C14H11N3O3. The van der Waals surface area contributed by atoms with Crippen LogP contribution in [0.2, 0.25) is 0 Å². The number of H-pyrrole nitrogens is 1. The Labute approximate surface area is 113 Å². The van der Waals surface area contributed by atoms with Crippen molar-refractivity contribution in [2.24, 2.45) is 0 Å². The van der Waals surface area contributed by atoms with E-state index < -0.39 is 5.92 Å². The fourth-order valence-corrected chi connectivity index (χ4v) is 2.79. The molecule has 3 heterocycles. The van der Waals surface area contributed by atoms with Crippen LogP contribution >= 0.6 is 0 Å². The van der Waals surface area contributed by atoms with Gasteiger partial charge in [-0.3, -0.25) is 14.9 Å². The zero-order valence-electron chi connectivity index (χ0n) is 10.5. The molecule has 2 N–H and O–H groups in total. The van der Waals surface area contributed by atoms with Crippen LogP contribution in [0.3, 0.4) is 0 Å². The first-order chi connectivity index (χ1) is 9.74. The van der Waals surface area contributed by atoms with Crippen LogP contribution in [-0.2, 0) is 9.59 Å². The number of carbonyl (C=O) groups is 2. The van der Waals surface area contributed by atoms with Crippen molar-refractivity contribution >= 4 is 33.7 Å². The van der Waals surface area contributed by atoms with Gasteiger partial charge < -0.3 is 9.51 Å². The molecule has 1 aliphatic heterocycles. The van der Waals surface area contributed by atoms with Gasteiger partial charge in [-0.1, -0.05) is 5.16 Å². The summed E-state index contributed by atoms with van der Waals surface area (Å²) in [6.07, 6.45) is 2.63. The average molecular weight is 269 g/mol. The predicted molar refractivity (Wildman–Crippen MR) is 71.0 cm³/mol. The monoisotopic (exact) mass is 269 g/mol. The smallest absolute Gasteiger partial charge is 0.235 e. The maximum Gasteiger partial charge on any atom is 0.235 e. The van der Waals surface area contributed by atoms with E-state index in [0.717, 1.165) is 16.3 Å². The zero-order chi connectivity index (χ0) is 13.7. The van der Waals surface area contributed by atoms with Crippen LogP contribution in [0.1, 0.15) is 24.5 Å². The summed E-state index contributed by atoms with van der Waals surface area (Å²) in [4.78, 5) is 26.4. The molecule has 0 radical (unpaired) electrons. The Hall–Kier alpha value is -2.63. The van der Waals surface area contributed by atoms with E-state index in [9.17, 15) is 9.59 Å². The van der Waals surface area contributed by atoms with Crippen molar-refractivity contribution in [3.63, 3.8) is 0 Å². The second-order valence-corrected chi connectivity index (χ2v) is 4.95. The van der Waals surface area contributed by atoms with Gasteiger partial charge in [-0.15, -0.1) is 0 Å². The molecule has 3 aromatic rings. The average Bonchev–Trinajstić information content (AvgIpc) is 3.03. The summed E-state index contributed by atoms with van der Waals surface area (Å²) in [6, 6.07) is 5.68. The first-order valence-corrected chi connectivity index (χ1v) is 6.43. The highest BCUT2D eigenvalue weighted by atomic mass is 16.5. The van der Waals surface area contributed by atoms with E-state index in [0.29, 0.717) is 24.1 Å². The van der Waals surface area contributed by atoms with Crippen LogP contribution in [0.4, 0.5) is 0 Å². The summed E-state index contributed by atoms with van der Waals surface area (Å²) in [5.74, 6) is -0.968. The molecule has 6 heteroatoms. The van der Waals surface area contributed by atoms with Crippen molar-refractivity contribution in [3.05, 3.63) is 30.1 Å². The van der Waals surface area contributed by atoms with Crippen molar-refractivity contribution in [2.45, 2.75) is 18.8 Å². The number of aromatic nitrogens is 2. The number of hydrogen-bond donors (Lipinski definition) is 2. The number of aromatic amines is 1. The molecule has 0 aliphatic carbocycles. The minimum atomic E-state index is -0.436. The quantitative estimate of drug-likeness (QED) is 0.660. The first-order valence-electron chi connectivity index (χ1n) is 6.43. The lowest BCUT2D eigenvalue weighted by atomic mass is 9.92. The van der Waals surface area contributed by atoms with Gasteiger partial charge in [0.25, 0.3) is 0 Å². The van der Waals surface area contributed by atoms with Crippen LogP contribution in [0.25, 0.3) is 21.9 Å². The Morgan fingerprint density at radius 2 is 2.15 bits per heavy atom. The zero-order valence-corrected chi connectivity index (χ0v) is 10.5. The van der Waals surface area contributed by atoms with Crippen LogP contribution in [0.5, 0.6) is 0 Å². The Morgan fingerprint density at radius 3 is 3.00 bits per heavy atom. The molecule has 0 spiro atoms. The Morgan fingerprint density at radius 1 is 1.25 bits per heavy atom. The molecule has 1 unspecified atom stereocenters. The van der Waals surface area contributed by atoms with Gasteiger partial charge in [0.1, 0.15) is 5.69 Å². The highest BCUT2D eigenvalue weighted by Crippen LogP contribution is 2.34. The molecule has 0 bridgehead atoms. The highest BCUT2D eigenvalue weighted by molar-refractivity contribution is 6.09. The third-order valence-corrected chi connectivity index (χ3v) is 3.76. The topological polar surface area (TPSA) is 88.0 Å². The van der Waals surface area contributed by atoms with E-state index >= 15 is 0 Å². The van der Waals surface area contributed by atoms with Crippen molar-refractivity contribution in [1.29, 1.82) is 0 Å². The molecule has 2 amide bonds. The van der Waals surface area contributed by atoms with Crippen LogP contribution in [-0.4, -0.2) is 22.0 Å². The highest BCUT2D eigenvalue weighted by Gasteiger charge is 2.32. The SMILES string of the molecule is O=C1CCC(c2noc3ccc4[nH]ccc4c23)C(=O)N1. The molecule has 2 aromatic heterocycles. The van der Waals surface area contributed by atoms with Crippen molar-refractivity contribution in [1.82, 2.24) is 15.5 Å².